The van der Waals surface area contributed by atoms with Crippen molar-refractivity contribution < 1.29 is 4.79 Å². The highest BCUT2D eigenvalue weighted by Crippen LogP contribution is 2.18. The van der Waals surface area contributed by atoms with Crippen molar-refractivity contribution in [2.24, 2.45) is 5.92 Å². The molecule has 2 N–H and O–H groups in total. The molecule has 1 heterocycles. The van der Waals surface area contributed by atoms with Crippen LogP contribution < -0.4 is 10.6 Å². The normalized spacial score (nSPS) is 27.7. The molecule has 1 saturated heterocycles. The lowest BCUT2D eigenvalue weighted by Crippen LogP contribution is -2.40. The Hall–Kier alpha value is -0.220. The minimum atomic E-state index is 0.184. The van der Waals surface area contributed by atoms with Gasteiger partial charge >= 0.3 is 0 Å². The first-order valence-corrected chi connectivity index (χ1v) is 7.01. The predicted octanol–water partition coefficient (Wildman–Crippen LogP) is 1.24. The summed E-state index contributed by atoms with van der Waals surface area (Å²) >= 11 is 1.79. The van der Waals surface area contributed by atoms with Crippen molar-refractivity contribution in [2.45, 2.75) is 38.0 Å². The summed E-state index contributed by atoms with van der Waals surface area (Å²) in [6.45, 7) is 6.03. The van der Waals surface area contributed by atoms with Crippen LogP contribution in [0.4, 0.5) is 0 Å². The lowest BCUT2D eigenvalue weighted by molar-refractivity contribution is -0.125. The summed E-state index contributed by atoms with van der Waals surface area (Å²) in [6.07, 6.45) is 4.09. The minimum Gasteiger partial charge on any atom is -0.355 e. The highest BCUT2D eigenvalue weighted by molar-refractivity contribution is 7.99. The lowest BCUT2D eigenvalue weighted by Gasteiger charge is -2.18. The number of thioether (sulfide) groups is 1. The number of carbonyl (C=O) groups is 1. The average molecular weight is 230 g/mol. The van der Waals surface area contributed by atoms with E-state index in [2.05, 4.69) is 30.7 Å². The van der Waals surface area contributed by atoms with Crippen LogP contribution in [0.2, 0.25) is 0 Å². The van der Waals surface area contributed by atoms with Gasteiger partial charge in [-0.15, -0.1) is 0 Å². The van der Waals surface area contributed by atoms with Crippen molar-refractivity contribution in [1.82, 2.24) is 10.6 Å². The van der Waals surface area contributed by atoms with Gasteiger partial charge in [0, 0.05) is 17.8 Å². The van der Waals surface area contributed by atoms with E-state index in [1.54, 1.807) is 11.8 Å². The highest BCUT2D eigenvalue weighted by atomic mass is 32.2. The number of amides is 1. The molecule has 0 aliphatic carbocycles. The molecule has 0 radical (unpaired) electrons. The minimum absolute atomic E-state index is 0.184. The first kappa shape index (κ1) is 12.8. The molecule has 1 aliphatic rings. The van der Waals surface area contributed by atoms with Gasteiger partial charge in [0.05, 0.1) is 5.92 Å². The monoisotopic (exact) mass is 230 g/mol. The van der Waals surface area contributed by atoms with Crippen LogP contribution in [-0.2, 0) is 4.79 Å². The fraction of sp³-hybridized carbons (Fsp3) is 0.909. The molecule has 3 nitrogen and oxygen atoms in total. The van der Waals surface area contributed by atoms with Crippen LogP contribution in [0.1, 0.15) is 26.7 Å². The van der Waals surface area contributed by atoms with Crippen molar-refractivity contribution in [3.8, 4) is 0 Å². The molecule has 1 amide bonds. The van der Waals surface area contributed by atoms with E-state index in [9.17, 15) is 4.79 Å². The molecule has 0 aromatic rings. The summed E-state index contributed by atoms with van der Waals surface area (Å²) in [5.74, 6) is 0.414. The smallest absolute Gasteiger partial charge is 0.224 e. The zero-order chi connectivity index (χ0) is 11.3. The summed E-state index contributed by atoms with van der Waals surface area (Å²) < 4.78 is 0. The summed E-state index contributed by atoms with van der Waals surface area (Å²) in [6, 6.07) is 0.384. The lowest BCUT2D eigenvalue weighted by atomic mass is 9.98. The molecule has 88 valence electrons. The van der Waals surface area contributed by atoms with Crippen LogP contribution in [0.15, 0.2) is 0 Å². The van der Waals surface area contributed by atoms with Gasteiger partial charge in [0.1, 0.15) is 0 Å². The zero-order valence-corrected chi connectivity index (χ0v) is 10.7. The summed E-state index contributed by atoms with van der Waals surface area (Å²) in [7, 11) is 0. The van der Waals surface area contributed by atoms with Crippen molar-refractivity contribution in [1.29, 1.82) is 0 Å². The standard InChI is InChI=1S/C11H22N2OS/c1-4-10-9(5-6-12-10)11(14)13-7-8(2)15-3/h8-10,12H,4-7H2,1-3H3,(H,13,14). The number of rotatable bonds is 5. The Morgan fingerprint density at radius 2 is 2.40 bits per heavy atom. The largest absolute Gasteiger partial charge is 0.355 e. The van der Waals surface area contributed by atoms with E-state index in [1.165, 1.54) is 0 Å². The van der Waals surface area contributed by atoms with E-state index in [0.29, 0.717) is 11.3 Å². The van der Waals surface area contributed by atoms with Gasteiger partial charge in [0.2, 0.25) is 5.91 Å². The van der Waals surface area contributed by atoms with Crippen LogP contribution in [0.25, 0.3) is 0 Å². The molecule has 0 aromatic carbocycles. The molecular formula is C11H22N2OS. The fourth-order valence-electron chi connectivity index (χ4n) is 1.97. The highest BCUT2D eigenvalue weighted by Gasteiger charge is 2.31. The maximum Gasteiger partial charge on any atom is 0.224 e. The van der Waals surface area contributed by atoms with E-state index in [4.69, 9.17) is 0 Å². The second kappa shape index (κ2) is 6.38. The van der Waals surface area contributed by atoms with E-state index >= 15 is 0 Å². The Kier molecular flexibility index (Phi) is 5.47. The van der Waals surface area contributed by atoms with Crippen molar-refractivity contribution in [3.05, 3.63) is 0 Å². The van der Waals surface area contributed by atoms with E-state index in [1.807, 2.05) is 0 Å². The Labute approximate surface area is 96.8 Å². The molecule has 0 saturated carbocycles. The quantitative estimate of drug-likeness (QED) is 0.747. The van der Waals surface area contributed by atoms with Crippen molar-refractivity contribution in [3.63, 3.8) is 0 Å². The number of nitrogens with one attached hydrogen (secondary N) is 2. The molecule has 3 unspecified atom stereocenters. The number of carbonyl (C=O) groups excluding carboxylic acids is 1. The third-order valence-corrected chi connectivity index (χ3v) is 4.06. The number of hydrogen-bond donors (Lipinski definition) is 2. The average Bonchev–Trinajstić information content (AvgIpc) is 2.73. The van der Waals surface area contributed by atoms with Crippen molar-refractivity contribution >= 4 is 17.7 Å². The molecule has 1 rings (SSSR count). The second-order valence-electron chi connectivity index (χ2n) is 4.16. The summed E-state index contributed by atoms with van der Waals surface area (Å²) in [4.78, 5) is 11.9. The topological polar surface area (TPSA) is 41.1 Å². The maximum absolute atomic E-state index is 11.9. The predicted molar refractivity (Wildman–Crippen MR) is 66.2 cm³/mol. The SMILES string of the molecule is CCC1NCCC1C(=O)NCC(C)SC. The molecule has 3 atom stereocenters. The summed E-state index contributed by atoms with van der Waals surface area (Å²) in [5, 5.41) is 6.92. The molecule has 0 aromatic heterocycles. The van der Waals surface area contributed by atoms with Gasteiger partial charge in [-0.25, -0.2) is 0 Å². The van der Waals surface area contributed by atoms with E-state index in [0.717, 1.165) is 25.9 Å². The van der Waals surface area contributed by atoms with E-state index in [-0.39, 0.29) is 11.8 Å². The molecule has 4 heteroatoms. The Bertz CT molecular complexity index is 211. The van der Waals surface area contributed by atoms with Gasteiger partial charge in [-0.2, -0.15) is 11.8 Å². The van der Waals surface area contributed by atoms with Gasteiger partial charge in [-0.3, -0.25) is 4.79 Å². The number of hydrogen-bond acceptors (Lipinski definition) is 3. The van der Waals surface area contributed by atoms with Gasteiger partial charge < -0.3 is 10.6 Å². The van der Waals surface area contributed by atoms with Gasteiger partial charge in [0.15, 0.2) is 0 Å². The van der Waals surface area contributed by atoms with Crippen LogP contribution in [0, 0.1) is 5.92 Å². The molecule has 0 spiro atoms. The van der Waals surface area contributed by atoms with Crippen molar-refractivity contribution in [2.75, 3.05) is 19.3 Å². The summed E-state index contributed by atoms with van der Waals surface area (Å²) in [5.41, 5.74) is 0. The van der Waals surface area contributed by atoms with Crippen LogP contribution >= 0.6 is 11.8 Å². The molecule has 0 bridgehead atoms. The second-order valence-corrected chi connectivity index (χ2v) is 5.43. The van der Waals surface area contributed by atoms with Crippen LogP contribution in [0.5, 0.6) is 0 Å². The van der Waals surface area contributed by atoms with E-state index < -0.39 is 0 Å². The molecule has 1 fully saturated rings. The maximum atomic E-state index is 11.9. The third kappa shape index (κ3) is 3.68. The fourth-order valence-corrected chi connectivity index (χ4v) is 2.22. The molecule has 1 aliphatic heterocycles. The van der Waals surface area contributed by atoms with Gasteiger partial charge in [-0.05, 0) is 25.6 Å². The Morgan fingerprint density at radius 3 is 3.00 bits per heavy atom. The molecule has 15 heavy (non-hydrogen) atoms. The molecular weight excluding hydrogens is 208 g/mol. The van der Waals surface area contributed by atoms with Gasteiger partial charge in [0.25, 0.3) is 0 Å². The third-order valence-electron chi connectivity index (χ3n) is 3.09. The van der Waals surface area contributed by atoms with Crippen LogP contribution in [0.3, 0.4) is 0 Å². The Balaban J connectivity index is 2.33. The first-order valence-electron chi connectivity index (χ1n) is 5.73. The van der Waals surface area contributed by atoms with Gasteiger partial charge in [-0.1, -0.05) is 13.8 Å². The van der Waals surface area contributed by atoms with Crippen LogP contribution in [-0.4, -0.2) is 36.5 Å². The zero-order valence-electron chi connectivity index (χ0n) is 9.88. The first-order chi connectivity index (χ1) is 7.19. The Morgan fingerprint density at radius 1 is 1.67 bits per heavy atom.